The second-order valence-corrected chi connectivity index (χ2v) is 4.37. The van der Waals surface area contributed by atoms with Gasteiger partial charge in [-0.2, -0.15) is 5.26 Å². The standard InChI is InChI=1S/C15H16N4O3/c1-9-5-11(8-16)19-15(17-9)18-10-6-12(20-2)14(22-4)13(7-10)21-3/h5-7H,1-4H3,(H,17,18,19). The van der Waals surface area contributed by atoms with Crippen molar-refractivity contribution in [2.45, 2.75) is 6.92 Å². The third-order valence-electron chi connectivity index (χ3n) is 2.89. The van der Waals surface area contributed by atoms with E-state index in [2.05, 4.69) is 15.3 Å². The molecule has 1 aromatic carbocycles. The molecule has 22 heavy (non-hydrogen) atoms. The van der Waals surface area contributed by atoms with Gasteiger partial charge in [0.15, 0.2) is 11.5 Å². The zero-order valence-electron chi connectivity index (χ0n) is 12.8. The molecule has 1 aromatic heterocycles. The Balaban J connectivity index is 2.42. The van der Waals surface area contributed by atoms with E-state index in [1.807, 2.05) is 6.07 Å². The number of nitrogens with one attached hydrogen (secondary N) is 1. The lowest BCUT2D eigenvalue weighted by Gasteiger charge is -2.14. The first-order valence-electron chi connectivity index (χ1n) is 6.44. The second kappa shape index (κ2) is 6.63. The smallest absolute Gasteiger partial charge is 0.228 e. The fourth-order valence-corrected chi connectivity index (χ4v) is 1.96. The van der Waals surface area contributed by atoms with Crippen LogP contribution in [0.5, 0.6) is 17.2 Å². The zero-order chi connectivity index (χ0) is 16.1. The molecule has 2 aromatic rings. The van der Waals surface area contributed by atoms with Gasteiger partial charge in [0.25, 0.3) is 0 Å². The van der Waals surface area contributed by atoms with Gasteiger partial charge >= 0.3 is 0 Å². The summed E-state index contributed by atoms with van der Waals surface area (Å²) >= 11 is 0. The van der Waals surface area contributed by atoms with E-state index in [9.17, 15) is 0 Å². The molecule has 0 fully saturated rings. The highest BCUT2D eigenvalue weighted by atomic mass is 16.5. The number of hydrogen-bond acceptors (Lipinski definition) is 7. The highest BCUT2D eigenvalue weighted by Crippen LogP contribution is 2.40. The fraction of sp³-hybridized carbons (Fsp3) is 0.267. The van der Waals surface area contributed by atoms with Crippen LogP contribution in [0.2, 0.25) is 0 Å². The lowest BCUT2D eigenvalue weighted by Crippen LogP contribution is -2.02. The fourth-order valence-electron chi connectivity index (χ4n) is 1.96. The zero-order valence-corrected chi connectivity index (χ0v) is 12.8. The minimum absolute atomic E-state index is 0.294. The Kier molecular flexibility index (Phi) is 4.63. The van der Waals surface area contributed by atoms with Gasteiger partial charge in [-0.05, 0) is 13.0 Å². The number of rotatable bonds is 5. The highest BCUT2D eigenvalue weighted by molar-refractivity contribution is 5.65. The number of nitrogens with zero attached hydrogens (tertiary/aromatic N) is 3. The molecule has 0 amide bonds. The van der Waals surface area contributed by atoms with Crippen LogP contribution in [-0.2, 0) is 0 Å². The molecule has 114 valence electrons. The topological polar surface area (TPSA) is 89.3 Å². The Bertz CT molecular complexity index is 700. The molecule has 0 aliphatic rings. The van der Waals surface area contributed by atoms with Gasteiger partial charge in [0.1, 0.15) is 11.8 Å². The van der Waals surface area contributed by atoms with Crippen molar-refractivity contribution in [1.29, 1.82) is 5.26 Å². The molecule has 0 atom stereocenters. The van der Waals surface area contributed by atoms with Gasteiger partial charge in [-0.1, -0.05) is 0 Å². The van der Waals surface area contributed by atoms with Gasteiger partial charge in [0, 0.05) is 23.5 Å². The minimum Gasteiger partial charge on any atom is -0.493 e. The molecule has 0 aliphatic carbocycles. The summed E-state index contributed by atoms with van der Waals surface area (Å²) in [5.41, 5.74) is 1.65. The third kappa shape index (κ3) is 3.17. The first kappa shape index (κ1) is 15.4. The van der Waals surface area contributed by atoms with Gasteiger partial charge in [-0.25, -0.2) is 9.97 Å². The molecule has 0 bridgehead atoms. The maximum absolute atomic E-state index is 8.96. The number of aryl methyl sites for hydroxylation is 1. The van der Waals surface area contributed by atoms with Crippen LogP contribution in [0.3, 0.4) is 0 Å². The summed E-state index contributed by atoms with van der Waals surface area (Å²) in [4.78, 5) is 8.35. The normalized spacial score (nSPS) is 9.77. The van der Waals surface area contributed by atoms with Crippen molar-refractivity contribution in [1.82, 2.24) is 9.97 Å². The van der Waals surface area contributed by atoms with E-state index in [-0.39, 0.29) is 0 Å². The Morgan fingerprint density at radius 2 is 1.64 bits per heavy atom. The second-order valence-electron chi connectivity index (χ2n) is 4.37. The van der Waals surface area contributed by atoms with E-state index in [1.54, 1.807) is 25.1 Å². The predicted molar refractivity (Wildman–Crippen MR) is 80.9 cm³/mol. The van der Waals surface area contributed by atoms with E-state index in [0.717, 1.165) is 0 Å². The summed E-state index contributed by atoms with van der Waals surface area (Å²) in [7, 11) is 4.62. The maximum Gasteiger partial charge on any atom is 0.228 e. The number of methoxy groups -OCH3 is 3. The summed E-state index contributed by atoms with van der Waals surface area (Å²) in [6.45, 7) is 1.79. The van der Waals surface area contributed by atoms with Crippen LogP contribution in [0, 0.1) is 18.3 Å². The molecule has 2 rings (SSSR count). The Hall–Kier alpha value is -3.01. The summed E-state index contributed by atoms with van der Waals surface area (Å²) in [6, 6.07) is 7.08. The van der Waals surface area contributed by atoms with Crippen LogP contribution in [0.1, 0.15) is 11.4 Å². The van der Waals surface area contributed by atoms with Crippen LogP contribution in [0.4, 0.5) is 11.6 Å². The monoisotopic (exact) mass is 300 g/mol. The number of aromatic nitrogens is 2. The predicted octanol–water partition coefficient (Wildman–Crippen LogP) is 2.43. The molecule has 0 radical (unpaired) electrons. The molecule has 7 nitrogen and oxygen atoms in total. The molecule has 1 N–H and O–H groups in total. The van der Waals surface area contributed by atoms with E-state index >= 15 is 0 Å². The van der Waals surface area contributed by atoms with Crippen LogP contribution < -0.4 is 19.5 Å². The number of ether oxygens (including phenoxy) is 3. The molecule has 0 saturated heterocycles. The van der Waals surface area contributed by atoms with E-state index in [4.69, 9.17) is 19.5 Å². The number of anilines is 2. The minimum atomic E-state index is 0.294. The van der Waals surface area contributed by atoms with Crippen molar-refractivity contribution in [3.63, 3.8) is 0 Å². The third-order valence-corrected chi connectivity index (χ3v) is 2.89. The molecule has 1 heterocycles. The number of hydrogen-bond donors (Lipinski definition) is 1. The number of nitriles is 1. The average molecular weight is 300 g/mol. The van der Waals surface area contributed by atoms with E-state index in [1.165, 1.54) is 21.3 Å². The van der Waals surface area contributed by atoms with Crippen LogP contribution in [-0.4, -0.2) is 31.3 Å². The Morgan fingerprint density at radius 1 is 1.00 bits per heavy atom. The highest BCUT2D eigenvalue weighted by Gasteiger charge is 2.14. The quantitative estimate of drug-likeness (QED) is 0.906. The van der Waals surface area contributed by atoms with Crippen molar-refractivity contribution in [2.24, 2.45) is 0 Å². The van der Waals surface area contributed by atoms with Crippen molar-refractivity contribution in [3.8, 4) is 23.3 Å². The first-order chi connectivity index (χ1) is 10.6. The first-order valence-corrected chi connectivity index (χ1v) is 6.44. The lowest BCUT2D eigenvalue weighted by atomic mass is 10.2. The molecular weight excluding hydrogens is 284 g/mol. The van der Waals surface area contributed by atoms with Crippen molar-refractivity contribution >= 4 is 11.6 Å². The van der Waals surface area contributed by atoms with Crippen molar-refractivity contribution < 1.29 is 14.2 Å². The summed E-state index contributed by atoms with van der Waals surface area (Å²) in [5, 5.41) is 12.0. The molecule has 0 saturated carbocycles. The van der Waals surface area contributed by atoms with Gasteiger partial charge in [-0.15, -0.1) is 0 Å². The van der Waals surface area contributed by atoms with Crippen molar-refractivity contribution in [3.05, 3.63) is 29.6 Å². The van der Waals surface area contributed by atoms with E-state index in [0.29, 0.717) is 40.3 Å². The lowest BCUT2D eigenvalue weighted by molar-refractivity contribution is 0.324. The maximum atomic E-state index is 8.96. The largest absolute Gasteiger partial charge is 0.493 e. The summed E-state index contributed by atoms with van der Waals surface area (Å²) in [5.74, 6) is 1.85. The summed E-state index contributed by atoms with van der Waals surface area (Å²) < 4.78 is 15.8. The molecule has 0 unspecified atom stereocenters. The van der Waals surface area contributed by atoms with Crippen LogP contribution in [0.15, 0.2) is 18.2 Å². The van der Waals surface area contributed by atoms with Crippen LogP contribution >= 0.6 is 0 Å². The molecule has 0 spiro atoms. The van der Waals surface area contributed by atoms with Gasteiger partial charge in [0.05, 0.1) is 21.3 Å². The summed E-state index contributed by atoms with van der Waals surface area (Å²) in [6.07, 6.45) is 0. The van der Waals surface area contributed by atoms with E-state index < -0.39 is 0 Å². The van der Waals surface area contributed by atoms with Crippen molar-refractivity contribution in [2.75, 3.05) is 26.6 Å². The van der Waals surface area contributed by atoms with Gasteiger partial charge in [-0.3, -0.25) is 0 Å². The molecular formula is C15H16N4O3. The number of benzene rings is 1. The Labute approximate surface area is 128 Å². The van der Waals surface area contributed by atoms with Gasteiger partial charge < -0.3 is 19.5 Å². The van der Waals surface area contributed by atoms with Gasteiger partial charge in [0.2, 0.25) is 11.7 Å². The molecule has 0 aliphatic heterocycles. The van der Waals surface area contributed by atoms with Crippen LogP contribution in [0.25, 0.3) is 0 Å². The SMILES string of the molecule is COc1cc(Nc2nc(C)cc(C#N)n2)cc(OC)c1OC. The molecule has 7 heteroatoms. The Morgan fingerprint density at radius 3 is 2.14 bits per heavy atom. The average Bonchev–Trinajstić information content (AvgIpc) is 2.53.